The summed E-state index contributed by atoms with van der Waals surface area (Å²) in [5, 5.41) is 2.26. The van der Waals surface area contributed by atoms with Crippen molar-refractivity contribution >= 4 is 14.8 Å². The van der Waals surface area contributed by atoms with Crippen LogP contribution in [0.5, 0.6) is 0 Å². The van der Waals surface area contributed by atoms with Crippen LogP contribution in [0.1, 0.15) is 0 Å². The van der Waals surface area contributed by atoms with Crippen molar-refractivity contribution in [1.82, 2.24) is 5.32 Å². The molecule has 0 bridgehead atoms. The highest BCUT2D eigenvalue weighted by Crippen LogP contribution is 2.04. The molecule has 3 N–H and O–H groups in total. The Morgan fingerprint density at radius 1 is 1.50 bits per heavy atom. The minimum absolute atomic E-state index is 0.000262. The van der Waals surface area contributed by atoms with Gasteiger partial charge in [0.2, 0.25) is 0 Å². The van der Waals surface area contributed by atoms with E-state index in [-0.39, 0.29) is 6.73 Å². The number of hydrogen-bond donors (Lipinski definition) is 2. The van der Waals surface area contributed by atoms with Crippen LogP contribution in [0, 0.1) is 0 Å². The second-order valence-electron chi connectivity index (χ2n) is 2.10. The molecule has 0 rings (SSSR count). The summed E-state index contributed by atoms with van der Waals surface area (Å²) in [5.41, 5.74) is 4.81. The van der Waals surface area contributed by atoms with Gasteiger partial charge in [-0.1, -0.05) is 0 Å². The standard InChI is InChI=1S/C5H14N2O4Si/c1-9-12(3,10-2)11-4-7-5(6)8/h4H2,1-3H3,(H3,6,7,8). The Labute approximate surface area is 72.3 Å². The highest BCUT2D eigenvalue weighted by molar-refractivity contribution is 6.59. The van der Waals surface area contributed by atoms with Gasteiger partial charge in [-0.2, -0.15) is 0 Å². The van der Waals surface area contributed by atoms with Crippen LogP contribution in [0.4, 0.5) is 4.79 Å². The molecule has 12 heavy (non-hydrogen) atoms. The van der Waals surface area contributed by atoms with Gasteiger partial charge in [0.1, 0.15) is 6.73 Å². The third-order valence-corrected chi connectivity index (χ3v) is 3.47. The largest absolute Gasteiger partial charge is 0.498 e. The summed E-state index contributed by atoms with van der Waals surface area (Å²) in [6.07, 6.45) is 0. The highest BCUT2D eigenvalue weighted by Gasteiger charge is 2.31. The minimum atomic E-state index is -2.53. The lowest BCUT2D eigenvalue weighted by Gasteiger charge is -2.21. The summed E-state index contributed by atoms with van der Waals surface area (Å²) in [5.74, 6) is 0. The van der Waals surface area contributed by atoms with Gasteiger partial charge in [-0.15, -0.1) is 0 Å². The van der Waals surface area contributed by atoms with Gasteiger partial charge < -0.3 is 24.3 Å². The lowest BCUT2D eigenvalue weighted by Crippen LogP contribution is -2.44. The summed E-state index contributed by atoms with van der Waals surface area (Å²) in [7, 11) is 0.438. The lowest BCUT2D eigenvalue weighted by atomic mass is 11.0. The zero-order chi connectivity index (χ0) is 9.61. The van der Waals surface area contributed by atoms with E-state index < -0.39 is 14.8 Å². The van der Waals surface area contributed by atoms with Crippen molar-refractivity contribution in [2.75, 3.05) is 21.0 Å². The predicted octanol–water partition coefficient (Wildman–Crippen LogP) is -0.510. The average Bonchev–Trinajstić information content (AvgIpc) is 2.03. The third-order valence-electron chi connectivity index (χ3n) is 1.32. The molecule has 2 amide bonds. The number of urea groups is 1. The van der Waals surface area contributed by atoms with Crippen LogP contribution >= 0.6 is 0 Å². The molecule has 0 saturated carbocycles. The molecule has 0 spiro atoms. The van der Waals surface area contributed by atoms with Gasteiger partial charge >= 0.3 is 14.8 Å². The molecule has 72 valence electrons. The molecule has 0 fully saturated rings. The second-order valence-corrected chi connectivity index (χ2v) is 4.93. The fraction of sp³-hybridized carbons (Fsp3) is 0.800. The summed E-state index contributed by atoms with van der Waals surface area (Å²) < 4.78 is 15.1. The topological polar surface area (TPSA) is 82.8 Å². The van der Waals surface area contributed by atoms with Crippen LogP contribution in [0.2, 0.25) is 6.55 Å². The number of nitrogens with two attached hydrogens (primary N) is 1. The van der Waals surface area contributed by atoms with E-state index in [1.165, 1.54) is 14.2 Å². The molecular weight excluding hydrogens is 180 g/mol. The Kier molecular flexibility index (Phi) is 4.82. The number of carbonyl (C=O) groups excluding carboxylic acids is 1. The zero-order valence-corrected chi connectivity index (χ0v) is 8.42. The van der Waals surface area contributed by atoms with E-state index >= 15 is 0 Å². The van der Waals surface area contributed by atoms with E-state index in [0.717, 1.165) is 0 Å². The first-order chi connectivity index (χ1) is 5.54. The third kappa shape index (κ3) is 4.29. The quantitative estimate of drug-likeness (QED) is 0.456. The minimum Gasteiger partial charge on any atom is -0.377 e. The highest BCUT2D eigenvalue weighted by atomic mass is 28.4. The maximum atomic E-state index is 10.2. The Hall–Kier alpha value is -0.633. The Morgan fingerprint density at radius 2 is 2.00 bits per heavy atom. The van der Waals surface area contributed by atoms with E-state index in [2.05, 4.69) is 5.32 Å². The molecule has 0 aromatic heterocycles. The van der Waals surface area contributed by atoms with Crippen molar-refractivity contribution in [2.24, 2.45) is 5.73 Å². The molecular formula is C5H14N2O4Si. The van der Waals surface area contributed by atoms with Gasteiger partial charge in [0, 0.05) is 20.8 Å². The summed E-state index contributed by atoms with van der Waals surface area (Å²) in [6, 6.07) is -0.640. The lowest BCUT2D eigenvalue weighted by molar-refractivity contribution is 0.100. The van der Waals surface area contributed by atoms with Crippen molar-refractivity contribution in [2.45, 2.75) is 6.55 Å². The monoisotopic (exact) mass is 194 g/mol. The molecule has 0 radical (unpaired) electrons. The maximum Gasteiger partial charge on any atom is 0.498 e. The fourth-order valence-electron chi connectivity index (χ4n) is 0.439. The molecule has 0 unspecified atom stereocenters. The molecule has 0 atom stereocenters. The predicted molar refractivity (Wildman–Crippen MR) is 44.3 cm³/mol. The van der Waals surface area contributed by atoms with Crippen molar-refractivity contribution in [3.05, 3.63) is 0 Å². The molecule has 7 heteroatoms. The van der Waals surface area contributed by atoms with Crippen LogP contribution in [-0.4, -0.2) is 35.8 Å². The van der Waals surface area contributed by atoms with Gasteiger partial charge in [-0.3, -0.25) is 0 Å². The Bertz CT molecular complexity index is 150. The van der Waals surface area contributed by atoms with E-state index in [4.69, 9.17) is 19.0 Å². The SMILES string of the molecule is CO[Si](C)(OC)OCNC(N)=O. The van der Waals surface area contributed by atoms with Crippen LogP contribution in [-0.2, 0) is 13.3 Å². The zero-order valence-electron chi connectivity index (χ0n) is 7.42. The van der Waals surface area contributed by atoms with Crippen LogP contribution < -0.4 is 11.1 Å². The number of carbonyl (C=O) groups is 1. The maximum absolute atomic E-state index is 10.2. The van der Waals surface area contributed by atoms with E-state index in [1.54, 1.807) is 6.55 Å². The number of hydrogen-bond acceptors (Lipinski definition) is 4. The van der Waals surface area contributed by atoms with E-state index in [1.807, 2.05) is 0 Å². The molecule has 0 aliphatic rings. The van der Waals surface area contributed by atoms with E-state index in [9.17, 15) is 4.79 Å². The van der Waals surface area contributed by atoms with Gasteiger partial charge in [0.05, 0.1) is 0 Å². The van der Waals surface area contributed by atoms with Crippen LogP contribution in [0.25, 0.3) is 0 Å². The molecule has 6 nitrogen and oxygen atoms in total. The van der Waals surface area contributed by atoms with Gasteiger partial charge in [-0.05, 0) is 0 Å². The van der Waals surface area contributed by atoms with Crippen molar-refractivity contribution in [1.29, 1.82) is 0 Å². The summed E-state index contributed by atoms with van der Waals surface area (Å²) in [4.78, 5) is 10.2. The van der Waals surface area contributed by atoms with Crippen molar-refractivity contribution < 1.29 is 18.1 Å². The van der Waals surface area contributed by atoms with Crippen molar-refractivity contribution in [3.63, 3.8) is 0 Å². The normalized spacial score (nSPS) is 11.2. The van der Waals surface area contributed by atoms with Crippen LogP contribution in [0.3, 0.4) is 0 Å². The van der Waals surface area contributed by atoms with Crippen LogP contribution in [0.15, 0.2) is 0 Å². The summed E-state index contributed by atoms with van der Waals surface area (Å²) in [6.45, 7) is 1.70. The molecule has 0 aromatic rings. The molecule has 0 heterocycles. The average molecular weight is 194 g/mol. The first-order valence-electron chi connectivity index (χ1n) is 3.31. The van der Waals surface area contributed by atoms with Crippen molar-refractivity contribution in [3.8, 4) is 0 Å². The number of primary amides is 1. The number of rotatable bonds is 5. The molecule has 0 aliphatic heterocycles. The first-order valence-corrected chi connectivity index (χ1v) is 5.54. The second kappa shape index (κ2) is 5.09. The smallest absolute Gasteiger partial charge is 0.377 e. The summed E-state index contributed by atoms with van der Waals surface area (Å²) >= 11 is 0. The first kappa shape index (κ1) is 11.4. The fourth-order valence-corrected chi connectivity index (χ4v) is 1.18. The Morgan fingerprint density at radius 3 is 2.33 bits per heavy atom. The molecule has 0 saturated heterocycles. The van der Waals surface area contributed by atoms with Gasteiger partial charge in [0.15, 0.2) is 0 Å². The number of nitrogens with one attached hydrogen (secondary N) is 1. The van der Waals surface area contributed by atoms with E-state index in [0.29, 0.717) is 0 Å². The molecule has 0 aliphatic carbocycles. The Balaban J connectivity index is 3.65. The number of amides is 2. The van der Waals surface area contributed by atoms with Gasteiger partial charge in [0.25, 0.3) is 0 Å². The van der Waals surface area contributed by atoms with Gasteiger partial charge in [-0.25, -0.2) is 4.79 Å². The molecule has 0 aromatic carbocycles.